The van der Waals surface area contributed by atoms with Crippen LogP contribution >= 0.6 is 43.2 Å². The van der Waals surface area contributed by atoms with Crippen LogP contribution in [0.5, 0.6) is 0 Å². The smallest absolute Gasteiger partial charge is 0.0843 e. The first kappa shape index (κ1) is 13.7. The van der Waals surface area contributed by atoms with Crippen molar-refractivity contribution < 1.29 is 0 Å². The Hall–Kier alpha value is 0.620. The van der Waals surface area contributed by atoms with Crippen LogP contribution in [0.2, 0.25) is 0 Å². The molecule has 0 saturated heterocycles. The third kappa shape index (κ3) is 4.17. The monoisotopic (exact) mass is 353 g/mol. The SMILES string of the molecule is CCCCC(NCC)c1cc(Br)c(Br)s1. The van der Waals surface area contributed by atoms with Crippen LogP contribution in [0.15, 0.2) is 14.3 Å². The van der Waals surface area contributed by atoms with E-state index in [9.17, 15) is 0 Å². The molecule has 0 aliphatic heterocycles. The Labute approximate surface area is 113 Å². The number of halogens is 2. The van der Waals surface area contributed by atoms with Crippen molar-refractivity contribution in [2.75, 3.05) is 6.54 Å². The van der Waals surface area contributed by atoms with Gasteiger partial charge in [-0.15, -0.1) is 11.3 Å². The quantitative estimate of drug-likeness (QED) is 0.748. The molecule has 0 bridgehead atoms. The minimum atomic E-state index is 0.516. The summed E-state index contributed by atoms with van der Waals surface area (Å²) in [6.45, 7) is 5.43. The molecule has 86 valence electrons. The molecular formula is C11H17Br2NS. The minimum absolute atomic E-state index is 0.516. The van der Waals surface area contributed by atoms with Gasteiger partial charge >= 0.3 is 0 Å². The van der Waals surface area contributed by atoms with Gasteiger partial charge in [0.25, 0.3) is 0 Å². The van der Waals surface area contributed by atoms with Crippen LogP contribution in [-0.2, 0) is 0 Å². The highest BCUT2D eigenvalue weighted by Gasteiger charge is 2.14. The average molecular weight is 355 g/mol. The van der Waals surface area contributed by atoms with Gasteiger partial charge in [0, 0.05) is 15.4 Å². The van der Waals surface area contributed by atoms with Crippen LogP contribution in [0.3, 0.4) is 0 Å². The van der Waals surface area contributed by atoms with Gasteiger partial charge in [-0.1, -0.05) is 26.7 Å². The molecule has 0 radical (unpaired) electrons. The zero-order valence-electron chi connectivity index (χ0n) is 9.15. The van der Waals surface area contributed by atoms with Crippen molar-refractivity contribution in [3.05, 3.63) is 19.2 Å². The van der Waals surface area contributed by atoms with Crippen LogP contribution in [0.1, 0.15) is 44.0 Å². The highest BCUT2D eigenvalue weighted by Crippen LogP contribution is 2.36. The Morgan fingerprint density at radius 2 is 2.13 bits per heavy atom. The van der Waals surface area contributed by atoms with E-state index in [2.05, 4.69) is 57.1 Å². The lowest BCUT2D eigenvalue weighted by molar-refractivity contribution is 0.501. The molecule has 1 N–H and O–H groups in total. The molecule has 1 heterocycles. The van der Waals surface area contributed by atoms with Gasteiger partial charge in [0.15, 0.2) is 0 Å². The summed E-state index contributed by atoms with van der Waals surface area (Å²) in [6.07, 6.45) is 3.77. The number of hydrogen-bond acceptors (Lipinski definition) is 2. The van der Waals surface area contributed by atoms with Crippen molar-refractivity contribution >= 4 is 43.2 Å². The summed E-state index contributed by atoms with van der Waals surface area (Å²) in [7, 11) is 0. The van der Waals surface area contributed by atoms with Gasteiger partial charge in [-0.2, -0.15) is 0 Å². The maximum absolute atomic E-state index is 3.55. The van der Waals surface area contributed by atoms with E-state index < -0.39 is 0 Å². The summed E-state index contributed by atoms with van der Waals surface area (Å²) in [5, 5.41) is 3.54. The van der Waals surface area contributed by atoms with Crippen molar-refractivity contribution in [1.82, 2.24) is 5.32 Å². The first-order chi connectivity index (χ1) is 7.19. The summed E-state index contributed by atoms with van der Waals surface area (Å²) in [4.78, 5) is 1.42. The van der Waals surface area contributed by atoms with E-state index in [0.29, 0.717) is 6.04 Å². The molecule has 1 unspecified atom stereocenters. The molecule has 0 aromatic carbocycles. The summed E-state index contributed by atoms with van der Waals surface area (Å²) in [6, 6.07) is 2.74. The van der Waals surface area contributed by atoms with Gasteiger partial charge < -0.3 is 5.32 Å². The topological polar surface area (TPSA) is 12.0 Å². The van der Waals surface area contributed by atoms with Gasteiger partial charge in [0.1, 0.15) is 0 Å². The van der Waals surface area contributed by atoms with Gasteiger partial charge in [-0.05, 0) is 50.9 Å². The summed E-state index contributed by atoms with van der Waals surface area (Å²) in [5.41, 5.74) is 0. The third-order valence-corrected chi connectivity index (χ3v) is 5.67. The van der Waals surface area contributed by atoms with Crippen LogP contribution in [0.25, 0.3) is 0 Å². The first-order valence-electron chi connectivity index (χ1n) is 5.37. The fraction of sp³-hybridized carbons (Fsp3) is 0.636. The normalized spacial score (nSPS) is 13.1. The largest absolute Gasteiger partial charge is 0.310 e. The molecule has 1 atom stereocenters. The summed E-state index contributed by atoms with van der Waals surface area (Å²) in [5.74, 6) is 0. The fourth-order valence-electron chi connectivity index (χ4n) is 1.53. The van der Waals surface area contributed by atoms with Crippen molar-refractivity contribution in [1.29, 1.82) is 0 Å². The lowest BCUT2D eigenvalue weighted by Gasteiger charge is -2.15. The minimum Gasteiger partial charge on any atom is -0.310 e. The predicted octanol–water partition coefficient (Wildman–Crippen LogP) is 5.11. The van der Waals surface area contributed by atoms with E-state index in [-0.39, 0.29) is 0 Å². The Morgan fingerprint density at radius 3 is 2.60 bits per heavy atom. The maximum Gasteiger partial charge on any atom is 0.0843 e. The Morgan fingerprint density at radius 1 is 1.40 bits per heavy atom. The lowest BCUT2D eigenvalue weighted by Crippen LogP contribution is -2.19. The van der Waals surface area contributed by atoms with E-state index >= 15 is 0 Å². The molecular weight excluding hydrogens is 338 g/mol. The van der Waals surface area contributed by atoms with E-state index in [4.69, 9.17) is 0 Å². The maximum atomic E-state index is 3.55. The molecule has 4 heteroatoms. The number of nitrogens with one attached hydrogen (secondary N) is 1. The molecule has 1 aromatic heterocycles. The number of rotatable bonds is 6. The molecule has 0 fully saturated rings. The van der Waals surface area contributed by atoms with Crippen molar-refractivity contribution in [2.24, 2.45) is 0 Å². The van der Waals surface area contributed by atoms with Crippen molar-refractivity contribution in [3.8, 4) is 0 Å². The van der Waals surface area contributed by atoms with Crippen LogP contribution in [0.4, 0.5) is 0 Å². The molecule has 1 rings (SSSR count). The van der Waals surface area contributed by atoms with E-state index in [1.54, 1.807) is 0 Å². The first-order valence-corrected chi connectivity index (χ1v) is 7.77. The van der Waals surface area contributed by atoms with E-state index in [1.807, 2.05) is 11.3 Å². The summed E-state index contributed by atoms with van der Waals surface area (Å²) < 4.78 is 2.36. The third-order valence-electron chi connectivity index (χ3n) is 2.30. The number of hydrogen-bond donors (Lipinski definition) is 1. The Balaban J connectivity index is 2.69. The molecule has 15 heavy (non-hydrogen) atoms. The lowest BCUT2D eigenvalue weighted by atomic mass is 10.1. The summed E-state index contributed by atoms with van der Waals surface area (Å²) >= 11 is 8.91. The second kappa shape index (κ2) is 7.05. The molecule has 0 amide bonds. The number of thiophene rings is 1. The number of unbranched alkanes of at least 4 members (excludes halogenated alkanes) is 1. The standard InChI is InChI=1S/C11H17Br2NS/c1-3-5-6-9(14-4-2)10-7-8(12)11(13)15-10/h7,9,14H,3-6H2,1-2H3. The highest BCUT2D eigenvalue weighted by molar-refractivity contribution is 9.13. The van der Waals surface area contributed by atoms with Crippen LogP contribution < -0.4 is 5.32 Å². The van der Waals surface area contributed by atoms with Gasteiger partial charge in [0.2, 0.25) is 0 Å². The van der Waals surface area contributed by atoms with Crippen LogP contribution in [0, 0.1) is 0 Å². The van der Waals surface area contributed by atoms with Crippen molar-refractivity contribution in [3.63, 3.8) is 0 Å². The molecule has 0 aliphatic carbocycles. The van der Waals surface area contributed by atoms with Gasteiger partial charge in [0.05, 0.1) is 3.79 Å². The average Bonchev–Trinajstić information content (AvgIpc) is 2.54. The molecule has 0 aliphatic rings. The van der Waals surface area contributed by atoms with Crippen LogP contribution in [-0.4, -0.2) is 6.54 Å². The van der Waals surface area contributed by atoms with E-state index in [0.717, 1.165) is 6.54 Å². The van der Waals surface area contributed by atoms with E-state index in [1.165, 1.54) is 32.4 Å². The second-order valence-corrected chi connectivity index (χ2v) is 6.78. The highest BCUT2D eigenvalue weighted by atomic mass is 79.9. The zero-order chi connectivity index (χ0) is 11.3. The molecule has 0 spiro atoms. The van der Waals surface area contributed by atoms with Gasteiger partial charge in [-0.3, -0.25) is 0 Å². The predicted molar refractivity (Wildman–Crippen MR) is 75.7 cm³/mol. The molecule has 1 aromatic rings. The fourth-order valence-corrected chi connectivity index (χ4v) is 3.73. The second-order valence-electron chi connectivity index (χ2n) is 3.52. The van der Waals surface area contributed by atoms with Gasteiger partial charge in [-0.25, -0.2) is 0 Å². The molecule has 1 nitrogen and oxygen atoms in total. The Kier molecular flexibility index (Phi) is 6.43. The Bertz CT molecular complexity index is 279. The molecule has 0 saturated carbocycles. The zero-order valence-corrected chi connectivity index (χ0v) is 13.1. The van der Waals surface area contributed by atoms with Crippen molar-refractivity contribution in [2.45, 2.75) is 39.2 Å².